The number of amides is 1. The van der Waals surface area contributed by atoms with Crippen LogP contribution in [0.15, 0.2) is 48.5 Å². The summed E-state index contributed by atoms with van der Waals surface area (Å²) in [4.78, 5) is 44.6. The van der Waals surface area contributed by atoms with Crippen LogP contribution in [0.4, 0.5) is 0 Å². The van der Waals surface area contributed by atoms with Gasteiger partial charge in [-0.1, -0.05) is 73.5 Å². The lowest BCUT2D eigenvalue weighted by atomic mass is 9.98. The number of carbonyl (C=O) groups is 2. The topological polar surface area (TPSA) is 171 Å². The smallest absolute Gasteiger partial charge is 0.294 e. The number of hydrogen-bond donors (Lipinski definition) is 2. The van der Waals surface area contributed by atoms with Crippen molar-refractivity contribution in [2.45, 2.75) is 58.4 Å². The summed E-state index contributed by atoms with van der Waals surface area (Å²) in [7, 11) is 0. The number of ketones is 1. The molecule has 43 heavy (non-hydrogen) atoms. The number of nitrogens with zero attached hydrogens (tertiary/aromatic N) is 6. The van der Waals surface area contributed by atoms with Gasteiger partial charge in [-0.25, -0.2) is 4.98 Å². The average Bonchev–Trinajstić information content (AvgIpc) is 3.65. The number of hydrogen-bond acceptors (Lipinski definition) is 9. The molecule has 0 aliphatic heterocycles. The van der Waals surface area contributed by atoms with Gasteiger partial charge in [-0.05, 0) is 41.2 Å². The van der Waals surface area contributed by atoms with Crippen molar-refractivity contribution in [3.63, 3.8) is 0 Å². The third-order valence-corrected chi connectivity index (χ3v) is 7.07. The van der Waals surface area contributed by atoms with Crippen LogP contribution in [0.5, 0.6) is 0 Å². The van der Waals surface area contributed by atoms with Gasteiger partial charge in [-0.15, -0.1) is 20.3 Å². The molecule has 0 aliphatic carbocycles. The van der Waals surface area contributed by atoms with E-state index < -0.39 is 5.09 Å². The lowest BCUT2D eigenvalue weighted by Gasteiger charge is -2.13. The molecule has 13 nitrogen and oxygen atoms in total. The Balaban J connectivity index is 1.44. The number of H-pyrrole nitrogens is 1. The standard InChI is InChI=1S/C29H33ClN8O5/c1-2-3-10-25-32-28(30)27(24(39)15-16-26(40)31-17-6-7-18-43-38(41)42)37(25)19-20-11-13-21(14-12-20)22-8-4-5-9-23(22)29-33-35-36-34-29/h4-5,8-9,11-14H,2-3,6-7,10,15-19H2,1H3,(H,31,40)(H,33,34,35,36). The van der Waals surface area contributed by atoms with Crippen LogP contribution in [0.25, 0.3) is 22.5 Å². The van der Waals surface area contributed by atoms with Gasteiger partial charge in [0.25, 0.3) is 5.09 Å². The average molecular weight is 609 g/mol. The van der Waals surface area contributed by atoms with Gasteiger partial charge in [0, 0.05) is 37.9 Å². The minimum atomic E-state index is -0.845. The molecule has 0 atom stereocenters. The largest absolute Gasteiger partial charge is 0.356 e. The molecule has 0 saturated heterocycles. The van der Waals surface area contributed by atoms with E-state index in [1.807, 2.05) is 53.1 Å². The van der Waals surface area contributed by atoms with E-state index in [0.717, 1.165) is 40.9 Å². The Morgan fingerprint density at radius 3 is 2.53 bits per heavy atom. The summed E-state index contributed by atoms with van der Waals surface area (Å²) in [6, 6.07) is 15.8. The number of halogens is 1. The highest BCUT2D eigenvalue weighted by Gasteiger charge is 2.23. The van der Waals surface area contributed by atoms with E-state index >= 15 is 0 Å². The molecule has 0 saturated carbocycles. The molecular weight excluding hydrogens is 576 g/mol. The van der Waals surface area contributed by atoms with Crippen molar-refractivity contribution in [2.75, 3.05) is 13.2 Å². The minimum Gasteiger partial charge on any atom is -0.356 e. The maximum absolute atomic E-state index is 13.3. The Morgan fingerprint density at radius 2 is 1.84 bits per heavy atom. The molecule has 1 amide bonds. The number of Topliss-reactive ketones (excluding diaryl/α,β-unsaturated/α-hetero) is 1. The summed E-state index contributed by atoms with van der Waals surface area (Å²) in [6.45, 7) is 2.79. The molecule has 2 N–H and O–H groups in total. The van der Waals surface area contributed by atoms with Crippen LogP contribution >= 0.6 is 11.6 Å². The van der Waals surface area contributed by atoms with Crippen molar-refractivity contribution in [1.29, 1.82) is 0 Å². The van der Waals surface area contributed by atoms with E-state index in [9.17, 15) is 19.7 Å². The van der Waals surface area contributed by atoms with Crippen molar-refractivity contribution in [2.24, 2.45) is 0 Å². The molecule has 14 heteroatoms. The zero-order chi connectivity index (χ0) is 30.6. The van der Waals surface area contributed by atoms with Crippen LogP contribution in [0, 0.1) is 10.1 Å². The zero-order valence-corrected chi connectivity index (χ0v) is 24.5. The fourth-order valence-electron chi connectivity index (χ4n) is 4.63. The molecule has 4 aromatic rings. The van der Waals surface area contributed by atoms with Crippen LogP contribution in [0.1, 0.15) is 67.3 Å². The number of unbranched alkanes of at least 4 members (excludes halogenated alkanes) is 2. The number of aromatic amines is 1. The van der Waals surface area contributed by atoms with Gasteiger partial charge in [0.1, 0.15) is 11.5 Å². The molecule has 0 spiro atoms. The fourth-order valence-corrected chi connectivity index (χ4v) is 4.94. The van der Waals surface area contributed by atoms with Gasteiger partial charge in [0.15, 0.2) is 10.9 Å². The Bertz CT molecular complexity index is 1520. The summed E-state index contributed by atoms with van der Waals surface area (Å²) in [5.74, 6) is 0.685. The Labute approximate surface area is 253 Å². The van der Waals surface area contributed by atoms with Crippen molar-refractivity contribution >= 4 is 23.3 Å². The zero-order valence-electron chi connectivity index (χ0n) is 23.8. The maximum atomic E-state index is 13.3. The number of tetrazole rings is 1. The highest BCUT2D eigenvalue weighted by Crippen LogP contribution is 2.30. The van der Waals surface area contributed by atoms with Crippen molar-refractivity contribution in [3.05, 3.63) is 80.9 Å². The van der Waals surface area contributed by atoms with Crippen LogP contribution in [-0.4, -0.2) is 60.1 Å². The van der Waals surface area contributed by atoms with Gasteiger partial charge in [0.2, 0.25) is 11.7 Å². The first-order valence-corrected chi connectivity index (χ1v) is 14.5. The normalized spacial score (nSPS) is 10.9. The molecule has 226 valence electrons. The van der Waals surface area contributed by atoms with E-state index in [-0.39, 0.29) is 36.3 Å². The first-order chi connectivity index (χ1) is 20.9. The van der Waals surface area contributed by atoms with Crippen molar-refractivity contribution in [1.82, 2.24) is 35.5 Å². The Kier molecular flexibility index (Phi) is 11.3. The molecule has 0 aliphatic rings. The van der Waals surface area contributed by atoms with Crippen LogP contribution in [0.2, 0.25) is 5.15 Å². The van der Waals surface area contributed by atoms with Crippen LogP contribution < -0.4 is 5.32 Å². The number of benzene rings is 2. The van der Waals surface area contributed by atoms with Gasteiger partial charge in [-0.3, -0.25) is 9.59 Å². The summed E-state index contributed by atoms with van der Waals surface area (Å²) in [5.41, 5.74) is 4.05. The number of imidazole rings is 1. The number of carbonyl (C=O) groups excluding carboxylic acids is 2. The third kappa shape index (κ3) is 8.67. The summed E-state index contributed by atoms with van der Waals surface area (Å²) < 4.78 is 1.86. The third-order valence-electron chi connectivity index (χ3n) is 6.81. The number of aromatic nitrogens is 6. The SMILES string of the molecule is CCCCc1nc(Cl)c(C(=O)CCC(=O)NCCCCO[N+](=O)[O-])n1Cc1ccc(-c2ccccc2-c2nn[nH]n2)cc1. The van der Waals surface area contributed by atoms with E-state index in [0.29, 0.717) is 43.9 Å². The Hall–Kier alpha value is -4.65. The quantitative estimate of drug-likeness (QED) is 0.0736. The molecule has 0 radical (unpaired) electrons. The monoisotopic (exact) mass is 608 g/mol. The number of aryl methyl sites for hydroxylation is 1. The Morgan fingerprint density at radius 1 is 1.07 bits per heavy atom. The first-order valence-electron chi connectivity index (χ1n) is 14.1. The highest BCUT2D eigenvalue weighted by atomic mass is 35.5. The maximum Gasteiger partial charge on any atom is 0.294 e. The molecule has 2 aromatic heterocycles. The highest BCUT2D eigenvalue weighted by molar-refractivity contribution is 6.32. The lowest BCUT2D eigenvalue weighted by Crippen LogP contribution is -2.25. The number of rotatable bonds is 17. The lowest BCUT2D eigenvalue weighted by molar-refractivity contribution is -0.757. The van der Waals surface area contributed by atoms with Gasteiger partial charge >= 0.3 is 0 Å². The van der Waals surface area contributed by atoms with Gasteiger partial charge in [0.05, 0.1) is 6.61 Å². The summed E-state index contributed by atoms with van der Waals surface area (Å²) in [6.07, 6.45) is 3.43. The minimum absolute atomic E-state index is 0.00941. The predicted octanol–water partition coefficient (Wildman–Crippen LogP) is 4.84. The van der Waals surface area contributed by atoms with Crippen molar-refractivity contribution in [3.8, 4) is 22.5 Å². The molecule has 2 aromatic carbocycles. The molecular formula is C29H33ClN8O5. The van der Waals surface area contributed by atoms with Crippen molar-refractivity contribution < 1.29 is 19.5 Å². The second-order valence-electron chi connectivity index (χ2n) is 9.87. The summed E-state index contributed by atoms with van der Waals surface area (Å²) in [5, 5.41) is 26.6. The van der Waals surface area contributed by atoms with Gasteiger partial charge < -0.3 is 14.7 Å². The first kappa shape index (κ1) is 31.3. The molecule has 0 fully saturated rings. The summed E-state index contributed by atoms with van der Waals surface area (Å²) >= 11 is 6.50. The van der Waals surface area contributed by atoms with E-state index in [1.165, 1.54) is 0 Å². The van der Waals surface area contributed by atoms with Gasteiger partial charge in [-0.2, -0.15) is 5.21 Å². The fraction of sp³-hybridized carbons (Fsp3) is 0.379. The predicted molar refractivity (Wildman–Crippen MR) is 159 cm³/mol. The van der Waals surface area contributed by atoms with E-state index in [1.54, 1.807) is 0 Å². The van der Waals surface area contributed by atoms with Crippen LogP contribution in [-0.2, 0) is 22.6 Å². The van der Waals surface area contributed by atoms with E-state index in [2.05, 4.69) is 42.7 Å². The molecule has 0 bridgehead atoms. The second-order valence-corrected chi connectivity index (χ2v) is 10.2. The van der Waals surface area contributed by atoms with E-state index in [4.69, 9.17) is 11.6 Å². The second kappa shape index (κ2) is 15.5. The molecule has 4 rings (SSSR count). The number of nitrogens with one attached hydrogen (secondary N) is 2. The molecule has 0 unspecified atom stereocenters. The van der Waals surface area contributed by atoms with Crippen LogP contribution in [0.3, 0.4) is 0 Å². The molecule has 2 heterocycles.